The number of halogens is 1. The van der Waals surface area contributed by atoms with Gasteiger partial charge in [-0.1, -0.05) is 41.9 Å². The van der Waals surface area contributed by atoms with E-state index in [1.807, 2.05) is 68.6 Å². The third-order valence-corrected chi connectivity index (χ3v) is 5.89. The van der Waals surface area contributed by atoms with Crippen LogP contribution >= 0.6 is 11.6 Å². The predicted octanol–water partition coefficient (Wildman–Crippen LogP) is 7.16. The SMILES string of the molecule is Cc1cc(Cl)cc(C)c1Oc1nc(Nc2ccc(C#N)cc2)nc2ccn(Cc3ccccc3)c12. The van der Waals surface area contributed by atoms with E-state index in [9.17, 15) is 0 Å². The second-order valence-corrected chi connectivity index (χ2v) is 8.74. The zero-order chi connectivity index (χ0) is 24.4. The smallest absolute Gasteiger partial charge is 0.249 e. The molecule has 0 aliphatic heterocycles. The quantitative estimate of drug-likeness (QED) is 0.279. The molecule has 0 bridgehead atoms. The molecule has 0 saturated heterocycles. The van der Waals surface area contributed by atoms with Gasteiger partial charge < -0.3 is 14.6 Å². The number of ether oxygens (including phenoxy) is 1. The summed E-state index contributed by atoms with van der Waals surface area (Å²) in [4.78, 5) is 9.48. The minimum Gasteiger partial charge on any atom is -0.436 e. The van der Waals surface area contributed by atoms with Crippen LogP contribution in [-0.2, 0) is 6.54 Å². The summed E-state index contributed by atoms with van der Waals surface area (Å²) < 4.78 is 8.54. The summed E-state index contributed by atoms with van der Waals surface area (Å²) in [5, 5.41) is 13.0. The van der Waals surface area contributed by atoms with Crippen LogP contribution in [0, 0.1) is 25.2 Å². The van der Waals surface area contributed by atoms with Crippen LogP contribution in [0.2, 0.25) is 5.02 Å². The van der Waals surface area contributed by atoms with Crippen molar-refractivity contribution in [3.05, 3.63) is 106 Å². The van der Waals surface area contributed by atoms with E-state index >= 15 is 0 Å². The third-order valence-electron chi connectivity index (χ3n) is 5.67. The normalized spacial score (nSPS) is 10.8. The number of fused-ring (bicyclic) bond motifs is 1. The maximum Gasteiger partial charge on any atom is 0.249 e. The Bertz CT molecular complexity index is 1530. The highest BCUT2D eigenvalue weighted by Crippen LogP contribution is 2.35. The van der Waals surface area contributed by atoms with Crippen molar-refractivity contribution in [2.24, 2.45) is 0 Å². The van der Waals surface area contributed by atoms with Crippen molar-refractivity contribution in [1.29, 1.82) is 5.26 Å². The molecular weight excluding hydrogens is 458 g/mol. The zero-order valence-electron chi connectivity index (χ0n) is 19.3. The molecule has 5 rings (SSSR count). The van der Waals surface area contributed by atoms with Crippen LogP contribution in [-0.4, -0.2) is 14.5 Å². The molecular formula is C28H22ClN5O. The number of aryl methyl sites for hydroxylation is 2. The molecule has 2 aromatic heterocycles. The summed E-state index contributed by atoms with van der Waals surface area (Å²) in [5.74, 6) is 1.56. The molecule has 172 valence electrons. The first-order chi connectivity index (χ1) is 17.0. The Balaban J connectivity index is 1.60. The Labute approximate surface area is 208 Å². The van der Waals surface area contributed by atoms with Gasteiger partial charge in [-0.15, -0.1) is 0 Å². The maximum atomic E-state index is 9.06. The van der Waals surface area contributed by atoms with Crippen LogP contribution in [0.1, 0.15) is 22.3 Å². The van der Waals surface area contributed by atoms with Crippen LogP contribution in [0.3, 0.4) is 0 Å². The van der Waals surface area contributed by atoms with Gasteiger partial charge in [0.1, 0.15) is 11.3 Å². The van der Waals surface area contributed by atoms with Gasteiger partial charge in [0.2, 0.25) is 11.8 Å². The van der Waals surface area contributed by atoms with Crippen molar-refractivity contribution in [1.82, 2.24) is 14.5 Å². The number of rotatable bonds is 6. The van der Waals surface area contributed by atoms with E-state index in [0.717, 1.165) is 33.4 Å². The molecule has 0 aliphatic carbocycles. The number of hydrogen-bond acceptors (Lipinski definition) is 5. The summed E-state index contributed by atoms with van der Waals surface area (Å²) in [5.41, 5.74) is 5.92. The molecule has 0 unspecified atom stereocenters. The number of nitrogens with zero attached hydrogens (tertiary/aromatic N) is 4. The molecule has 0 aliphatic rings. The fourth-order valence-corrected chi connectivity index (χ4v) is 4.35. The van der Waals surface area contributed by atoms with Crippen LogP contribution in [0.15, 0.2) is 79.0 Å². The molecule has 2 heterocycles. The van der Waals surface area contributed by atoms with Crippen LogP contribution in [0.5, 0.6) is 11.6 Å². The highest BCUT2D eigenvalue weighted by atomic mass is 35.5. The second-order valence-electron chi connectivity index (χ2n) is 8.30. The Morgan fingerprint density at radius 2 is 1.69 bits per heavy atom. The van der Waals surface area contributed by atoms with Gasteiger partial charge in [0.25, 0.3) is 0 Å². The van der Waals surface area contributed by atoms with E-state index in [1.165, 1.54) is 0 Å². The zero-order valence-corrected chi connectivity index (χ0v) is 20.0. The van der Waals surface area contributed by atoms with Gasteiger partial charge in [0.15, 0.2) is 0 Å². The Morgan fingerprint density at radius 1 is 0.971 bits per heavy atom. The fraction of sp³-hybridized carbons (Fsp3) is 0.107. The van der Waals surface area contributed by atoms with Crippen molar-refractivity contribution in [3.8, 4) is 17.7 Å². The molecule has 6 nitrogen and oxygen atoms in total. The Kier molecular flexibility index (Phi) is 6.09. The largest absolute Gasteiger partial charge is 0.436 e. The predicted molar refractivity (Wildman–Crippen MR) is 139 cm³/mol. The van der Waals surface area contributed by atoms with Crippen LogP contribution in [0.25, 0.3) is 11.0 Å². The van der Waals surface area contributed by atoms with Gasteiger partial charge in [-0.05, 0) is 73.0 Å². The highest BCUT2D eigenvalue weighted by molar-refractivity contribution is 6.30. The lowest BCUT2D eigenvalue weighted by atomic mass is 10.1. The van der Waals surface area contributed by atoms with Gasteiger partial charge in [0, 0.05) is 23.5 Å². The van der Waals surface area contributed by atoms with Crippen molar-refractivity contribution in [2.75, 3.05) is 5.32 Å². The molecule has 0 spiro atoms. The van der Waals surface area contributed by atoms with Gasteiger partial charge in [-0.3, -0.25) is 0 Å². The summed E-state index contributed by atoms with van der Waals surface area (Å²) in [6, 6.07) is 25.2. The summed E-state index contributed by atoms with van der Waals surface area (Å²) >= 11 is 6.24. The first-order valence-electron chi connectivity index (χ1n) is 11.1. The van der Waals surface area contributed by atoms with Gasteiger partial charge in [-0.2, -0.15) is 10.2 Å². The lowest BCUT2D eigenvalue weighted by Crippen LogP contribution is -2.04. The average Bonchev–Trinajstić information content (AvgIpc) is 3.25. The fourth-order valence-electron chi connectivity index (χ4n) is 4.02. The number of benzene rings is 3. The summed E-state index contributed by atoms with van der Waals surface area (Å²) in [6.45, 7) is 4.59. The monoisotopic (exact) mass is 479 g/mol. The standard InChI is InChI=1S/C28H22ClN5O/c1-18-14-22(29)15-19(2)26(18)35-27-25-24(12-13-34(25)17-21-6-4-3-5-7-21)32-28(33-27)31-23-10-8-20(16-30)9-11-23/h3-15H,17H2,1-2H3,(H,31,32,33). The molecule has 0 fully saturated rings. The van der Waals surface area contributed by atoms with Gasteiger partial charge in [-0.25, -0.2) is 4.98 Å². The van der Waals surface area contributed by atoms with Crippen molar-refractivity contribution >= 4 is 34.3 Å². The van der Waals surface area contributed by atoms with E-state index in [4.69, 9.17) is 31.6 Å². The molecule has 1 N–H and O–H groups in total. The minimum atomic E-state index is 0.402. The topological polar surface area (TPSA) is 75.8 Å². The van der Waals surface area contributed by atoms with Crippen molar-refractivity contribution in [2.45, 2.75) is 20.4 Å². The molecule has 5 aromatic rings. The Morgan fingerprint density at radius 3 is 2.37 bits per heavy atom. The number of nitriles is 1. The molecule has 0 radical (unpaired) electrons. The van der Waals surface area contributed by atoms with E-state index in [-0.39, 0.29) is 0 Å². The maximum absolute atomic E-state index is 9.06. The molecule has 3 aromatic carbocycles. The Hall–Kier alpha value is -4.34. The molecule has 35 heavy (non-hydrogen) atoms. The van der Waals surface area contributed by atoms with E-state index in [1.54, 1.807) is 12.1 Å². The molecule has 0 atom stereocenters. The van der Waals surface area contributed by atoms with E-state index in [0.29, 0.717) is 34.7 Å². The third kappa shape index (κ3) is 4.81. The van der Waals surface area contributed by atoms with E-state index < -0.39 is 0 Å². The van der Waals surface area contributed by atoms with Crippen LogP contribution < -0.4 is 10.1 Å². The lowest BCUT2D eigenvalue weighted by molar-refractivity contribution is 0.459. The first-order valence-corrected chi connectivity index (χ1v) is 11.5. The highest BCUT2D eigenvalue weighted by Gasteiger charge is 2.17. The molecule has 7 heteroatoms. The van der Waals surface area contributed by atoms with Gasteiger partial charge >= 0.3 is 0 Å². The summed E-state index contributed by atoms with van der Waals surface area (Å²) in [6.07, 6.45) is 1.99. The van der Waals surface area contributed by atoms with Crippen molar-refractivity contribution in [3.63, 3.8) is 0 Å². The van der Waals surface area contributed by atoms with E-state index in [2.05, 4.69) is 28.1 Å². The average molecular weight is 480 g/mol. The number of aromatic nitrogens is 3. The number of anilines is 2. The van der Waals surface area contributed by atoms with Crippen molar-refractivity contribution < 1.29 is 4.74 Å². The number of hydrogen-bond donors (Lipinski definition) is 1. The van der Waals surface area contributed by atoms with Crippen LogP contribution in [0.4, 0.5) is 11.6 Å². The minimum absolute atomic E-state index is 0.402. The first kappa shape index (κ1) is 22.5. The second kappa shape index (κ2) is 9.49. The lowest BCUT2D eigenvalue weighted by Gasteiger charge is -2.15. The van der Waals surface area contributed by atoms with Gasteiger partial charge in [0.05, 0.1) is 17.1 Å². The molecule has 0 saturated carbocycles. The summed E-state index contributed by atoms with van der Waals surface area (Å²) in [7, 11) is 0. The molecule has 0 amide bonds. The number of nitrogens with one attached hydrogen (secondary N) is 1.